The number of benzene rings is 2. The fourth-order valence-corrected chi connectivity index (χ4v) is 2.79. The number of hydrogen-bond donors (Lipinski definition) is 1. The molecule has 1 amide bonds. The smallest absolute Gasteiger partial charge is 0.338 e. The summed E-state index contributed by atoms with van der Waals surface area (Å²) in [6.07, 6.45) is 2.10. The fraction of sp³-hybridized carbons (Fsp3) is 0.300. The molecule has 2 aromatic rings. The van der Waals surface area contributed by atoms with Crippen molar-refractivity contribution >= 4 is 23.3 Å². The number of anilines is 1. The molecule has 1 saturated heterocycles. The van der Waals surface area contributed by atoms with Crippen molar-refractivity contribution in [3.8, 4) is 5.75 Å². The maximum absolute atomic E-state index is 12.1. The number of para-hydroxylation sites is 2. The molecule has 29 heavy (non-hydrogen) atoms. The number of amides is 1. The molecule has 0 bridgehead atoms. The van der Waals surface area contributed by atoms with E-state index in [9.17, 15) is 19.7 Å². The molecule has 0 radical (unpaired) electrons. The van der Waals surface area contributed by atoms with E-state index in [-0.39, 0.29) is 23.0 Å². The number of hydrogen-bond acceptors (Lipinski definition) is 7. The van der Waals surface area contributed by atoms with Crippen LogP contribution in [0.5, 0.6) is 5.75 Å². The minimum absolute atomic E-state index is 0.0336. The van der Waals surface area contributed by atoms with Gasteiger partial charge in [-0.25, -0.2) is 4.79 Å². The average molecular weight is 400 g/mol. The van der Waals surface area contributed by atoms with E-state index in [0.717, 1.165) is 19.4 Å². The molecule has 1 atom stereocenters. The van der Waals surface area contributed by atoms with Crippen molar-refractivity contribution < 1.29 is 28.7 Å². The fourth-order valence-electron chi connectivity index (χ4n) is 2.79. The first-order chi connectivity index (χ1) is 14.0. The van der Waals surface area contributed by atoms with Gasteiger partial charge in [0.2, 0.25) is 0 Å². The Morgan fingerprint density at radius 2 is 1.93 bits per heavy atom. The van der Waals surface area contributed by atoms with Crippen LogP contribution in [0.1, 0.15) is 23.2 Å². The third kappa shape index (κ3) is 5.76. The molecule has 1 unspecified atom stereocenters. The first kappa shape index (κ1) is 20.3. The molecule has 0 aliphatic carbocycles. The average Bonchev–Trinajstić information content (AvgIpc) is 3.25. The van der Waals surface area contributed by atoms with Gasteiger partial charge in [0.25, 0.3) is 11.6 Å². The Bertz CT molecular complexity index is 877. The maximum Gasteiger partial charge on any atom is 0.338 e. The van der Waals surface area contributed by atoms with Crippen LogP contribution in [0, 0.1) is 10.1 Å². The molecule has 1 aliphatic rings. The van der Waals surface area contributed by atoms with Crippen LogP contribution in [-0.4, -0.2) is 42.7 Å². The summed E-state index contributed by atoms with van der Waals surface area (Å²) in [7, 11) is 0. The summed E-state index contributed by atoms with van der Waals surface area (Å²) in [6, 6.07) is 12.1. The Balaban J connectivity index is 1.47. The van der Waals surface area contributed by atoms with E-state index < -0.39 is 23.4 Å². The van der Waals surface area contributed by atoms with Crippen LogP contribution in [0.3, 0.4) is 0 Å². The number of carbonyl (C=O) groups is 2. The lowest BCUT2D eigenvalue weighted by Crippen LogP contribution is -2.21. The van der Waals surface area contributed by atoms with E-state index in [0.29, 0.717) is 12.4 Å². The lowest BCUT2D eigenvalue weighted by molar-refractivity contribution is -0.383. The van der Waals surface area contributed by atoms with E-state index >= 15 is 0 Å². The molecule has 1 aliphatic heterocycles. The topological polar surface area (TPSA) is 117 Å². The van der Waals surface area contributed by atoms with Gasteiger partial charge in [-0.2, -0.15) is 0 Å². The molecule has 0 saturated carbocycles. The molecule has 2 aromatic carbocycles. The number of ether oxygens (including phenoxy) is 3. The van der Waals surface area contributed by atoms with Crippen molar-refractivity contribution in [3.63, 3.8) is 0 Å². The Kier molecular flexibility index (Phi) is 6.75. The van der Waals surface area contributed by atoms with Crippen molar-refractivity contribution in [2.45, 2.75) is 18.9 Å². The first-order valence-corrected chi connectivity index (χ1v) is 9.08. The summed E-state index contributed by atoms with van der Waals surface area (Å²) in [6.45, 7) is 0.641. The zero-order chi connectivity index (χ0) is 20.6. The summed E-state index contributed by atoms with van der Waals surface area (Å²) in [5, 5.41) is 13.3. The summed E-state index contributed by atoms with van der Waals surface area (Å²) in [5.41, 5.74) is 0.0463. The molecule has 152 valence electrons. The standard InChI is InChI=1S/C20H20N2O7/c23-19(21-17-5-1-2-6-18(17)22(25)26)13-29-20(24)14-7-9-15(10-8-14)28-12-16-4-3-11-27-16/h1-2,5-10,16H,3-4,11-13H2,(H,21,23). The minimum Gasteiger partial charge on any atom is -0.491 e. The Labute approximate surface area is 166 Å². The molecular formula is C20H20N2O7. The molecule has 0 spiro atoms. The zero-order valence-corrected chi connectivity index (χ0v) is 15.5. The zero-order valence-electron chi connectivity index (χ0n) is 15.5. The maximum atomic E-state index is 12.1. The van der Waals surface area contributed by atoms with Crippen molar-refractivity contribution in [1.82, 2.24) is 0 Å². The van der Waals surface area contributed by atoms with E-state index in [4.69, 9.17) is 14.2 Å². The monoisotopic (exact) mass is 400 g/mol. The minimum atomic E-state index is -0.687. The second kappa shape index (κ2) is 9.65. The number of nitro benzene ring substituents is 1. The number of nitro groups is 1. The third-order valence-electron chi connectivity index (χ3n) is 4.26. The number of esters is 1. The van der Waals surface area contributed by atoms with E-state index in [1.165, 1.54) is 30.3 Å². The Morgan fingerprint density at radius 3 is 2.62 bits per heavy atom. The van der Waals surface area contributed by atoms with E-state index in [1.807, 2.05) is 0 Å². The first-order valence-electron chi connectivity index (χ1n) is 9.08. The molecule has 1 fully saturated rings. The van der Waals surface area contributed by atoms with Gasteiger partial charge in [-0.1, -0.05) is 12.1 Å². The predicted octanol–water partition coefficient (Wildman–Crippen LogP) is 2.95. The Hall–Kier alpha value is -3.46. The third-order valence-corrected chi connectivity index (χ3v) is 4.26. The number of nitrogens with zero attached hydrogens (tertiary/aromatic N) is 1. The number of carbonyl (C=O) groups excluding carboxylic acids is 2. The second-order valence-corrected chi connectivity index (χ2v) is 6.37. The summed E-state index contributed by atoms with van der Waals surface area (Å²) < 4.78 is 16.1. The van der Waals surface area contributed by atoms with Gasteiger partial charge in [0.1, 0.15) is 18.0 Å². The van der Waals surface area contributed by atoms with Crippen molar-refractivity contribution in [3.05, 3.63) is 64.2 Å². The Morgan fingerprint density at radius 1 is 1.17 bits per heavy atom. The summed E-state index contributed by atoms with van der Waals surface area (Å²) >= 11 is 0. The van der Waals surface area contributed by atoms with Gasteiger partial charge in [-0.3, -0.25) is 14.9 Å². The molecule has 1 N–H and O–H groups in total. The molecule has 1 heterocycles. The van der Waals surface area contributed by atoms with E-state index in [1.54, 1.807) is 18.2 Å². The highest BCUT2D eigenvalue weighted by Gasteiger charge is 2.17. The van der Waals surface area contributed by atoms with Crippen molar-refractivity contribution in [2.75, 3.05) is 25.1 Å². The summed E-state index contributed by atoms with van der Waals surface area (Å²) in [4.78, 5) is 34.4. The van der Waals surface area contributed by atoms with Crippen LogP contribution in [-0.2, 0) is 14.3 Å². The van der Waals surface area contributed by atoms with Crippen molar-refractivity contribution in [2.24, 2.45) is 0 Å². The molecule has 3 rings (SSSR count). The van der Waals surface area contributed by atoms with Crippen LogP contribution < -0.4 is 10.1 Å². The predicted molar refractivity (Wildman–Crippen MR) is 103 cm³/mol. The summed E-state index contributed by atoms with van der Waals surface area (Å²) in [5.74, 6) is -0.760. The van der Waals surface area contributed by atoms with Crippen LogP contribution in [0.15, 0.2) is 48.5 Å². The van der Waals surface area contributed by atoms with Crippen LogP contribution in [0.25, 0.3) is 0 Å². The number of rotatable bonds is 8. The molecule has 9 heteroatoms. The van der Waals surface area contributed by atoms with Gasteiger partial charge < -0.3 is 19.5 Å². The lowest BCUT2D eigenvalue weighted by Gasteiger charge is -2.11. The number of nitrogens with one attached hydrogen (secondary N) is 1. The van der Waals surface area contributed by atoms with Gasteiger partial charge in [0, 0.05) is 12.7 Å². The lowest BCUT2D eigenvalue weighted by atomic mass is 10.2. The van der Waals surface area contributed by atoms with Crippen LogP contribution in [0.2, 0.25) is 0 Å². The van der Waals surface area contributed by atoms with Gasteiger partial charge in [0.05, 0.1) is 16.6 Å². The van der Waals surface area contributed by atoms with Gasteiger partial charge in [-0.05, 0) is 43.2 Å². The quantitative estimate of drug-likeness (QED) is 0.411. The highest BCUT2D eigenvalue weighted by molar-refractivity contribution is 5.96. The van der Waals surface area contributed by atoms with Crippen LogP contribution >= 0.6 is 0 Å². The second-order valence-electron chi connectivity index (χ2n) is 6.37. The largest absolute Gasteiger partial charge is 0.491 e. The normalized spacial score (nSPS) is 15.5. The molecule has 0 aromatic heterocycles. The van der Waals surface area contributed by atoms with Gasteiger partial charge in [-0.15, -0.1) is 0 Å². The van der Waals surface area contributed by atoms with Crippen LogP contribution in [0.4, 0.5) is 11.4 Å². The highest BCUT2D eigenvalue weighted by atomic mass is 16.6. The van der Waals surface area contributed by atoms with Crippen molar-refractivity contribution in [1.29, 1.82) is 0 Å². The van der Waals surface area contributed by atoms with E-state index in [2.05, 4.69) is 5.32 Å². The molecular weight excluding hydrogens is 380 g/mol. The highest BCUT2D eigenvalue weighted by Crippen LogP contribution is 2.23. The van der Waals surface area contributed by atoms with Gasteiger partial charge >= 0.3 is 5.97 Å². The molecule has 9 nitrogen and oxygen atoms in total. The van der Waals surface area contributed by atoms with Gasteiger partial charge in [0.15, 0.2) is 6.61 Å². The SMILES string of the molecule is O=C(COC(=O)c1ccc(OCC2CCCO2)cc1)Nc1ccccc1[N+](=O)[O-].